The molecule has 0 aromatic heterocycles. The zero-order valence-electron chi connectivity index (χ0n) is 16.6. The van der Waals surface area contributed by atoms with Crippen LogP contribution in [0.4, 0.5) is 11.4 Å². The van der Waals surface area contributed by atoms with E-state index in [0.29, 0.717) is 50.0 Å². The van der Waals surface area contributed by atoms with Gasteiger partial charge in [-0.1, -0.05) is 18.2 Å². The Kier molecular flexibility index (Phi) is 5.87. The Morgan fingerprint density at radius 3 is 2.67 bits per heavy atom. The van der Waals surface area contributed by atoms with E-state index in [1.807, 2.05) is 30.3 Å². The highest BCUT2D eigenvalue weighted by Gasteiger charge is 2.33. The molecule has 2 N–H and O–H groups in total. The SMILES string of the molecule is O=C1CCCc2cc(S(=O)(=O)N3CCCC(C(=O)Nc4ccccc4)C3)ccc2N1. The van der Waals surface area contributed by atoms with Gasteiger partial charge in [0.2, 0.25) is 21.8 Å². The molecular formula is C22H25N3O4S. The van der Waals surface area contributed by atoms with Crippen molar-refractivity contribution in [3.8, 4) is 0 Å². The Bertz CT molecular complexity index is 1050. The molecule has 1 atom stereocenters. The van der Waals surface area contributed by atoms with Crippen molar-refractivity contribution in [3.05, 3.63) is 54.1 Å². The number of hydrogen-bond donors (Lipinski definition) is 2. The molecule has 0 bridgehead atoms. The highest BCUT2D eigenvalue weighted by molar-refractivity contribution is 7.89. The Labute approximate surface area is 176 Å². The fourth-order valence-corrected chi connectivity index (χ4v) is 5.58. The van der Waals surface area contributed by atoms with Crippen molar-refractivity contribution in [2.24, 2.45) is 5.92 Å². The van der Waals surface area contributed by atoms with Crippen LogP contribution in [0.25, 0.3) is 0 Å². The molecule has 0 spiro atoms. The first kappa shape index (κ1) is 20.6. The number of anilines is 2. The van der Waals surface area contributed by atoms with Gasteiger partial charge in [0.05, 0.1) is 10.8 Å². The monoisotopic (exact) mass is 427 g/mol. The van der Waals surface area contributed by atoms with Crippen LogP contribution in [0.3, 0.4) is 0 Å². The Balaban J connectivity index is 1.50. The smallest absolute Gasteiger partial charge is 0.243 e. The van der Waals surface area contributed by atoms with Crippen LogP contribution < -0.4 is 10.6 Å². The van der Waals surface area contributed by atoms with E-state index < -0.39 is 15.9 Å². The van der Waals surface area contributed by atoms with Gasteiger partial charge < -0.3 is 10.6 Å². The number of benzene rings is 2. The Morgan fingerprint density at radius 1 is 1.07 bits per heavy atom. The first-order valence-corrected chi connectivity index (χ1v) is 11.7. The second-order valence-electron chi connectivity index (χ2n) is 7.78. The van der Waals surface area contributed by atoms with Gasteiger partial charge in [0.1, 0.15) is 0 Å². The first-order valence-electron chi connectivity index (χ1n) is 10.2. The third-order valence-electron chi connectivity index (χ3n) is 5.63. The third-order valence-corrected chi connectivity index (χ3v) is 7.50. The lowest BCUT2D eigenvalue weighted by Gasteiger charge is -2.31. The second kappa shape index (κ2) is 8.57. The molecule has 1 saturated heterocycles. The summed E-state index contributed by atoms with van der Waals surface area (Å²) in [5.41, 5.74) is 2.21. The zero-order chi connectivity index (χ0) is 21.1. The first-order chi connectivity index (χ1) is 14.4. The predicted molar refractivity (Wildman–Crippen MR) is 115 cm³/mol. The molecule has 2 amide bonds. The largest absolute Gasteiger partial charge is 0.326 e. The summed E-state index contributed by atoms with van der Waals surface area (Å²) in [7, 11) is -3.72. The summed E-state index contributed by atoms with van der Waals surface area (Å²) in [6, 6.07) is 14.0. The van der Waals surface area contributed by atoms with Crippen LogP contribution in [0.2, 0.25) is 0 Å². The Morgan fingerprint density at radius 2 is 1.87 bits per heavy atom. The average molecular weight is 428 g/mol. The van der Waals surface area contributed by atoms with E-state index in [-0.39, 0.29) is 23.3 Å². The molecular weight excluding hydrogens is 402 g/mol. The van der Waals surface area contributed by atoms with E-state index in [2.05, 4.69) is 10.6 Å². The van der Waals surface area contributed by atoms with E-state index in [0.717, 1.165) is 5.56 Å². The summed E-state index contributed by atoms with van der Waals surface area (Å²) in [5, 5.41) is 5.70. The van der Waals surface area contributed by atoms with Crippen molar-refractivity contribution >= 4 is 33.2 Å². The molecule has 158 valence electrons. The number of amides is 2. The summed E-state index contributed by atoms with van der Waals surface area (Å²) >= 11 is 0. The molecule has 1 fully saturated rings. The number of aryl methyl sites for hydroxylation is 1. The quantitative estimate of drug-likeness (QED) is 0.784. The summed E-state index contributed by atoms with van der Waals surface area (Å²) in [5.74, 6) is -0.604. The molecule has 2 aliphatic heterocycles. The molecule has 2 aliphatic rings. The maximum Gasteiger partial charge on any atom is 0.243 e. The van der Waals surface area contributed by atoms with Crippen LogP contribution in [0, 0.1) is 5.92 Å². The molecule has 7 nitrogen and oxygen atoms in total. The molecule has 2 aromatic rings. The van der Waals surface area contributed by atoms with Crippen LogP contribution >= 0.6 is 0 Å². The van der Waals surface area contributed by atoms with Crippen molar-refractivity contribution in [3.63, 3.8) is 0 Å². The molecule has 30 heavy (non-hydrogen) atoms. The minimum atomic E-state index is -3.72. The van der Waals surface area contributed by atoms with Crippen molar-refractivity contribution in [2.45, 2.75) is 37.0 Å². The van der Waals surface area contributed by atoms with Crippen molar-refractivity contribution in [2.75, 3.05) is 23.7 Å². The molecule has 2 heterocycles. The maximum atomic E-state index is 13.3. The molecule has 4 rings (SSSR count). The number of sulfonamides is 1. The average Bonchev–Trinajstić information content (AvgIpc) is 2.94. The standard InChI is InChI=1S/C22H25N3O4S/c26-21-10-4-6-16-14-19(11-12-20(16)24-21)30(28,29)25-13-5-7-17(15-25)22(27)23-18-8-2-1-3-9-18/h1-3,8-9,11-12,14,17H,4-7,10,13,15H2,(H,23,27)(H,24,26). The number of rotatable bonds is 4. The fraction of sp³-hybridized carbons (Fsp3) is 0.364. The highest BCUT2D eigenvalue weighted by Crippen LogP contribution is 2.29. The van der Waals surface area contributed by atoms with Gasteiger partial charge in [-0.05, 0) is 61.6 Å². The van der Waals surface area contributed by atoms with Gasteiger partial charge in [0, 0.05) is 30.9 Å². The van der Waals surface area contributed by atoms with Gasteiger partial charge in [-0.2, -0.15) is 4.31 Å². The number of hydrogen-bond acceptors (Lipinski definition) is 4. The molecule has 0 radical (unpaired) electrons. The van der Waals surface area contributed by atoms with E-state index in [1.165, 1.54) is 10.4 Å². The van der Waals surface area contributed by atoms with Gasteiger partial charge in [0.25, 0.3) is 0 Å². The fourth-order valence-electron chi connectivity index (χ4n) is 4.00. The van der Waals surface area contributed by atoms with Gasteiger partial charge in [0.15, 0.2) is 0 Å². The lowest BCUT2D eigenvalue weighted by atomic mass is 9.99. The van der Waals surface area contributed by atoms with E-state index in [1.54, 1.807) is 12.1 Å². The predicted octanol–water partition coefficient (Wildman–Crippen LogP) is 3.00. The van der Waals surface area contributed by atoms with Crippen LogP contribution in [-0.2, 0) is 26.0 Å². The van der Waals surface area contributed by atoms with E-state index in [9.17, 15) is 18.0 Å². The second-order valence-corrected chi connectivity index (χ2v) is 9.72. The summed E-state index contributed by atoms with van der Waals surface area (Å²) in [6.07, 6.45) is 3.06. The summed E-state index contributed by atoms with van der Waals surface area (Å²) < 4.78 is 27.9. The van der Waals surface area contributed by atoms with Crippen LogP contribution in [0.5, 0.6) is 0 Å². The molecule has 0 aliphatic carbocycles. The minimum absolute atomic E-state index is 0.0485. The number of fused-ring (bicyclic) bond motifs is 1. The highest BCUT2D eigenvalue weighted by atomic mass is 32.2. The van der Waals surface area contributed by atoms with Gasteiger partial charge in [-0.3, -0.25) is 9.59 Å². The van der Waals surface area contributed by atoms with Crippen molar-refractivity contribution < 1.29 is 18.0 Å². The topological polar surface area (TPSA) is 95.6 Å². The van der Waals surface area contributed by atoms with E-state index in [4.69, 9.17) is 0 Å². The van der Waals surface area contributed by atoms with Crippen LogP contribution in [-0.4, -0.2) is 37.6 Å². The zero-order valence-corrected chi connectivity index (χ0v) is 17.5. The molecule has 2 aromatic carbocycles. The van der Waals surface area contributed by atoms with E-state index >= 15 is 0 Å². The van der Waals surface area contributed by atoms with Crippen molar-refractivity contribution in [1.29, 1.82) is 0 Å². The lowest BCUT2D eigenvalue weighted by molar-refractivity contribution is -0.121. The van der Waals surface area contributed by atoms with Crippen molar-refractivity contribution in [1.82, 2.24) is 4.31 Å². The normalized spacial score (nSPS) is 20.0. The van der Waals surface area contributed by atoms with Gasteiger partial charge >= 0.3 is 0 Å². The Hall–Kier alpha value is -2.71. The number of nitrogens with zero attached hydrogens (tertiary/aromatic N) is 1. The third kappa shape index (κ3) is 4.39. The maximum absolute atomic E-state index is 13.3. The summed E-state index contributed by atoms with van der Waals surface area (Å²) in [6.45, 7) is 0.556. The van der Waals surface area contributed by atoms with Gasteiger partial charge in [-0.15, -0.1) is 0 Å². The number of carbonyl (C=O) groups is 2. The number of para-hydroxylation sites is 1. The molecule has 0 saturated carbocycles. The minimum Gasteiger partial charge on any atom is -0.326 e. The lowest BCUT2D eigenvalue weighted by Crippen LogP contribution is -2.43. The van der Waals surface area contributed by atoms with Crippen LogP contribution in [0.15, 0.2) is 53.4 Å². The molecule has 1 unspecified atom stereocenters. The summed E-state index contributed by atoms with van der Waals surface area (Å²) in [4.78, 5) is 24.6. The number of nitrogens with one attached hydrogen (secondary N) is 2. The number of carbonyl (C=O) groups excluding carboxylic acids is 2. The molecule has 8 heteroatoms. The van der Waals surface area contributed by atoms with Crippen LogP contribution in [0.1, 0.15) is 31.2 Å². The van der Waals surface area contributed by atoms with Gasteiger partial charge in [-0.25, -0.2) is 8.42 Å². The number of piperidine rings is 1.